The predicted octanol–water partition coefficient (Wildman–Crippen LogP) is 3.68. The highest BCUT2D eigenvalue weighted by atomic mass is 32.2. The van der Waals surface area contributed by atoms with Crippen LogP contribution in [0, 0.1) is 5.92 Å². The lowest BCUT2D eigenvalue weighted by molar-refractivity contribution is -0.120. The van der Waals surface area contributed by atoms with E-state index in [1.807, 2.05) is 25.1 Å². The van der Waals surface area contributed by atoms with Gasteiger partial charge >= 0.3 is 0 Å². The Hall–Kier alpha value is -2.08. The summed E-state index contributed by atoms with van der Waals surface area (Å²) in [4.78, 5) is 12.7. The fourth-order valence-corrected chi connectivity index (χ4v) is 5.15. The molecule has 1 aliphatic rings. The first-order valence-corrected chi connectivity index (χ1v) is 10.6. The van der Waals surface area contributed by atoms with E-state index in [1.165, 1.54) is 4.31 Å². The SMILES string of the molecule is CC(C)CCCC(C)NC(=O)CN1c2cccc3cccc(c23)S1(=O)=O. The van der Waals surface area contributed by atoms with E-state index in [4.69, 9.17) is 0 Å². The molecule has 1 amide bonds. The molecule has 0 spiro atoms. The largest absolute Gasteiger partial charge is 0.352 e. The molecule has 0 saturated carbocycles. The second-order valence-corrected chi connectivity index (χ2v) is 9.27. The van der Waals surface area contributed by atoms with Crippen molar-refractivity contribution in [3.63, 3.8) is 0 Å². The monoisotopic (exact) mass is 374 g/mol. The zero-order valence-electron chi connectivity index (χ0n) is 15.5. The highest BCUT2D eigenvalue weighted by Gasteiger charge is 2.36. The van der Waals surface area contributed by atoms with Crippen LogP contribution in [0.5, 0.6) is 0 Å². The second kappa shape index (κ2) is 7.27. The molecule has 0 fully saturated rings. The first-order chi connectivity index (χ1) is 12.3. The Morgan fingerprint density at radius 3 is 2.46 bits per heavy atom. The standard InChI is InChI=1S/C20H26N2O3S/c1-14(2)7-4-8-15(3)21-19(23)13-22-17-11-5-9-16-10-6-12-18(20(16)17)26(22,24)25/h5-6,9-12,14-15H,4,7-8,13H2,1-3H3,(H,21,23). The topological polar surface area (TPSA) is 66.5 Å². The highest BCUT2D eigenvalue weighted by molar-refractivity contribution is 7.93. The lowest BCUT2D eigenvalue weighted by Crippen LogP contribution is -2.42. The summed E-state index contributed by atoms with van der Waals surface area (Å²) >= 11 is 0. The summed E-state index contributed by atoms with van der Waals surface area (Å²) in [6.45, 7) is 6.14. The molecule has 1 N–H and O–H groups in total. The molecular weight excluding hydrogens is 348 g/mol. The lowest BCUT2D eigenvalue weighted by atomic mass is 10.0. The number of rotatable bonds is 7. The van der Waals surface area contributed by atoms with Crippen LogP contribution in [0.1, 0.15) is 40.0 Å². The molecule has 3 rings (SSSR count). The molecule has 140 valence electrons. The van der Waals surface area contributed by atoms with E-state index in [2.05, 4.69) is 19.2 Å². The first kappa shape index (κ1) is 18.7. The van der Waals surface area contributed by atoms with Crippen molar-refractivity contribution in [2.24, 2.45) is 5.92 Å². The molecule has 0 bridgehead atoms. The summed E-state index contributed by atoms with van der Waals surface area (Å²) in [6.07, 6.45) is 3.07. The van der Waals surface area contributed by atoms with Gasteiger partial charge in [-0.05, 0) is 36.8 Å². The van der Waals surface area contributed by atoms with Crippen LogP contribution in [0.15, 0.2) is 41.3 Å². The maximum atomic E-state index is 12.9. The third-order valence-electron chi connectivity index (χ3n) is 4.79. The lowest BCUT2D eigenvalue weighted by Gasteiger charge is -2.20. The van der Waals surface area contributed by atoms with E-state index in [9.17, 15) is 13.2 Å². The molecule has 6 heteroatoms. The molecule has 1 aliphatic heterocycles. The molecule has 0 saturated heterocycles. The summed E-state index contributed by atoms with van der Waals surface area (Å²) < 4.78 is 27.0. The third-order valence-corrected chi connectivity index (χ3v) is 6.60. The number of carbonyl (C=O) groups excluding carboxylic acids is 1. The minimum atomic E-state index is -3.68. The van der Waals surface area contributed by atoms with Crippen molar-refractivity contribution < 1.29 is 13.2 Å². The van der Waals surface area contributed by atoms with E-state index in [0.29, 0.717) is 17.0 Å². The number of nitrogens with one attached hydrogen (secondary N) is 1. The van der Waals surface area contributed by atoms with Gasteiger partial charge in [0.05, 0.1) is 10.6 Å². The zero-order valence-corrected chi connectivity index (χ0v) is 16.3. The summed E-state index contributed by atoms with van der Waals surface area (Å²) in [7, 11) is -3.68. The van der Waals surface area contributed by atoms with Crippen LogP contribution >= 0.6 is 0 Å². The zero-order chi connectivity index (χ0) is 18.9. The van der Waals surface area contributed by atoms with Gasteiger partial charge < -0.3 is 5.32 Å². The van der Waals surface area contributed by atoms with E-state index >= 15 is 0 Å². The Morgan fingerprint density at radius 2 is 1.77 bits per heavy atom. The molecule has 26 heavy (non-hydrogen) atoms. The maximum absolute atomic E-state index is 12.9. The van der Waals surface area contributed by atoms with Crippen LogP contribution in [-0.4, -0.2) is 26.9 Å². The van der Waals surface area contributed by atoms with Crippen molar-refractivity contribution in [1.82, 2.24) is 5.32 Å². The van der Waals surface area contributed by atoms with E-state index in [1.54, 1.807) is 18.2 Å². The van der Waals surface area contributed by atoms with Gasteiger partial charge in [-0.3, -0.25) is 9.10 Å². The van der Waals surface area contributed by atoms with Crippen molar-refractivity contribution >= 4 is 32.4 Å². The molecule has 1 heterocycles. The first-order valence-electron chi connectivity index (χ1n) is 9.14. The van der Waals surface area contributed by atoms with Gasteiger partial charge in [-0.15, -0.1) is 0 Å². The fraction of sp³-hybridized carbons (Fsp3) is 0.450. The summed E-state index contributed by atoms with van der Waals surface area (Å²) in [5.41, 5.74) is 0.584. The van der Waals surface area contributed by atoms with Crippen molar-refractivity contribution in [2.45, 2.75) is 51.0 Å². The Balaban J connectivity index is 1.73. The number of hydrogen-bond donors (Lipinski definition) is 1. The number of nitrogens with zero attached hydrogens (tertiary/aromatic N) is 1. The molecule has 2 aromatic carbocycles. The van der Waals surface area contributed by atoms with Gasteiger partial charge in [0.15, 0.2) is 0 Å². The van der Waals surface area contributed by atoms with Crippen molar-refractivity contribution in [3.05, 3.63) is 36.4 Å². The maximum Gasteiger partial charge on any atom is 0.265 e. The summed E-state index contributed by atoms with van der Waals surface area (Å²) in [5.74, 6) is 0.377. The van der Waals surface area contributed by atoms with Crippen LogP contribution in [-0.2, 0) is 14.8 Å². The molecule has 0 radical (unpaired) electrons. The normalized spacial score (nSPS) is 16.2. The quantitative estimate of drug-likeness (QED) is 0.804. The fourth-order valence-electron chi connectivity index (χ4n) is 3.48. The van der Waals surface area contributed by atoms with Crippen molar-refractivity contribution in [2.75, 3.05) is 10.8 Å². The Bertz CT molecular complexity index is 917. The van der Waals surface area contributed by atoms with Crippen LogP contribution in [0.4, 0.5) is 5.69 Å². The van der Waals surface area contributed by atoms with Gasteiger partial charge in [0.2, 0.25) is 5.91 Å². The number of anilines is 1. The van der Waals surface area contributed by atoms with Crippen LogP contribution in [0.3, 0.4) is 0 Å². The number of amides is 1. The number of benzene rings is 2. The number of sulfonamides is 1. The molecule has 5 nitrogen and oxygen atoms in total. The van der Waals surface area contributed by atoms with E-state index in [0.717, 1.165) is 24.6 Å². The predicted molar refractivity (Wildman–Crippen MR) is 105 cm³/mol. The van der Waals surface area contributed by atoms with Gasteiger partial charge in [0, 0.05) is 11.4 Å². The highest BCUT2D eigenvalue weighted by Crippen LogP contribution is 2.41. The minimum Gasteiger partial charge on any atom is -0.352 e. The minimum absolute atomic E-state index is 0.0322. The van der Waals surface area contributed by atoms with Gasteiger partial charge in [-0.1, -0.05) is 51.0 Å². The Labute approximate surface area is 155 Å². The second-order valence-electron chi connectivity index (χ2n) is 7.44. The molecule has 1 atom stereocenters. The van der Waals surface area contributed by atoms with E-state index < -0.39 is 10.0 Å². The van der Waals surface area contributed by atoms with Gasteiger partial charge in [0.25, 0.3) is 10.0 Å². The molecule has 0 aromatic heterocycles. The smallest absolute Gasteiger partial charge is 0.265 e. The summed E-state index contributed by atoms with van der Waals surface area (Å²) in [5, 5.41) is 4.50. The Morgan fingerprint density at radius 1 is 1.08 bits per heavy atom. The van der Waals surface area contributed by atoms with Gasteiger partial charge in [-0.2, -0.15) is 0 Å². The van der Waals surface area contributed by atoms with Crippen LogP contribution < -0.4 is 9.62 Å². The number of hydrogen-bond acceptors (Lipinski definition) is 3. The Kier molecular flexibility index (Phi) is 5.23. The summed E-state index contributed by atoms with van der Waals surface area (Å²) in [6, 6.07) is 10.7. The average Bonchev–Trinajstić information content (AvgIpc) is 2.78. The van der Waals surface area contributed by atoms with Gasteiger partial charge in [0.1, 0.15) is 6.54 Å². The van der Waals surface area contributed by atoms with Gasteiger partial charge in [-0.25, -0.2) is 8.42 Å². The van der Waals surface area contributed by atoms with Crippen molar-refractivity contribution in [3.8, 4) is 0 Å². The average molecular weight is 375 g/mol. The van der Waals surface area contributed by atoms with E-state index in [-0.39, 0.29) is 23.4 Å². The molecule has 1 unspecified atom stereocenters. The van der Waals surface area contributed by atoms with Crippen LogP contribution in [0.2, 0.25) is 0 Å². The molecule has 2 aromatic rings. The third kappa shape index (κ3) is 3.56. The van der Waals surface area contributed by atoms with Crippen LogP contribution in [0.25, 0.3) is 10.8 Å². The molecule has 0 aliphatic carbocycles. The van der Waals surface area contributed by atoms with Crippen molar-refractivity contribution in [1.29, 1.82) is 0 Å². The number of carbonyl (C=O) groups is 1. The molecular formula is C20H26N2O3S.